The highest BCUT2D eigenvalue weighted by Crippen LogP contribution is 2.13. The predicted octanol–water partition coefficient (Wildman–Crippen LogP) is 1.37. The van der Waals surface area contributed by atoms with Crippen LogP contribution in [0.3, 0.4) is 0 Å². The lowest BCUT2D eigenvalue weighted by molar-refractivity contribution is 0.0342. The number of halogens is 1. The van der Waals surface area contributed by atoms with Crippen LogP contribution in [0, 0.1) is 0 Å². The summed E-state index contributed by atoms with van der Waals surface area (Å²) in [6.45, 7) is 4.86. The molecule has 1 aromatic rings. The second-order valence-electron chi connectivity index (χ2n) is 3.52. The third-order valence-corrected chi connectivity index (χ3v) is 2.89. The van der Waals surface area contributed by atoms with Gasteiger partial charge in [0, 0.05) is 24.1 Å². The van der Waals surface area contributed by atoms with E-state index in [9.17, 15) is 0 Å². The van der Waals surface area contributed by atoms with Crippen LogP contribution in [-0.4, -0.2) is 54.3 Å². The number of hydrogen-bond donors (Lipinski definition) is 0. The first-order chi connectivity index (χ1) is 6.84. The van der Waals surface area contributed by atoms with Crippen molar-refractivity contribution in [3.05, 3.63) is 34.3 Å². The van der Waals surface area contributed by atoms with E-state index in [-0.39, 0.29) is 23.1 Å². The number of rotatable bonds is 2. The summed E-state index contributed by atoms with van der Waals surface area (Å²) < 4.78 is 6.47. The minimum atomic E-state index is 0. The zero-order chi connectivity index (χ0) is 9.80. The molecule has 0 spiro atoms. The summed E-state index contributed by atoms with van der Waals surface area (Å²) in [5.74, 6) is 0. The zero-order valence-electron chi connectivity index (χ0n) is 8.08. The van der Waals surface area contributed by atoms with E-state index in [1.165, 1.54) is 5.56 Å². The standard InChI is InChI=1S/C11H14BrNO.Mg.2H/c12-11-3-1-2-10(8-11)9-13-4-6-14-7-5-13;;;/h1-3,8H,4-7,9H2;;;. The van der Waals surface area contributed by atoms with Crippen molar-refractivity contribution in [1.82, 2.24) is 4.90 Å². The van der Waals surface area contributed by atoms with Crippen molar-refractivity contribution in [3.8, 4) is 0 Å². The first-order valence-electron chi connectivity index (χ1n) is 4.89. The van der Waals surface area contributed by atoms with Crippen molar-refractivity contribution in [2.75, 3.05) is 26.3 Å². The Morgan fingerprint density at radius 1 is 1.27 bits per heavy atom. The van der Waals surface area contributed by atoms with Crippen LogP contribution in [-0.2, 0) is 11.3 Å². The van der Waals surface area contributed by atoms with Crippen LogP contribution in [0.2, 0.25) is 0 Å². The van der Waals surface area contributed by atoms with E-state index in [2.05, 4.69) is 45.1 Å². The Morgan fingerprint density at radius 3 is 2.67 bits per heavy atom. The van der Waals surface area contributed by atoms with Crippen LogP contribution in [0.5, 0.6) is 0 Å². The van der Waals surface area contributed by atoms with Crippen LogP contribution < -0.4 is 0 Å². The van der Waals surface area contributed by atoms with Crippen LogP contribution in [0.1, 0.15) is 5.56 Å². The Bertz CT molecular complexity index is 302. The molecule has 1 heterocycles. The molecule has 2 rings (SSSR count). The van der Waals surface area contributed by atoms with E-state index in [0.29, 0.717) is 0 Å². The summed E-state index contributed by atoms with van der Waals surface area (Å²) >= 11 is 3.48. The van der Waals surface area contributed by atoms with Gasteiger partial charge in [-0.25, -0.2) is 0 Å². The quantitative estimate of drug-likeness (QED) is 0.760. The summed E-state index contributed by atoms with van der Waals surface area (Å²) in [5, 5.41) is 0. The van der Waals surface area contributed by atoms with E-state index < -0.39 is 0 Å². The highest BCUT2D eigenvalue weighted by molar-refractivity contribution is 9.10. The van der Waals surface area contributed by atoms with Crippen LogP contribution in [0.25, 0.3) is 0 Å². The maximum absolute atomic E-state index is 5.31. The van der Waals surface area contributed by atoms with Gasteiger partial charge in [-0.3, -0.25) is 4.90 Å². The zero-order valence-corrected chi connectivity index (χ0v) is 9.66. The van der Waals surface area contributed by atoms with Gasteiger partial charge in [0.15, 0.2) is 0 Å². The molecule has 4 heteroatoms. The molecule has 2 nitrogen and oxygen atoms in total. The van der Waals surface area contributed by atoms with Crippen molar-refractivity contribution in [2.24, 2.45) is 0 Å². The molecule has 0 N–H and O–H groups in total. The van der Waals surface area contributed by atoms with Gasteiger partial charge in [-0.2, -0.15) is 0 Å². The minimum absolute atomic E-state index is 0. The van der Waals surface area contributed by atoms with Gasteiger partial charge in [-0.1, -0.05) is 28.1 Å². The molecule has 1 aliphatic rings. The van der Waals surface area contributed by atoms with Gasteiger partial charge in [0.05, 0.1) is 13.2 Å². The molecule has 0 atom stereocenters. The first kappa shape index (κ1) is 13.5. The molecular weight excluding hydrogens is 266 g/mol. The number of morpholine rings is 1. The molecule has 80 valence electrons. The molecular formula is C11H16BrMgNO. The minimum Gasteiger partial charge on any atom is -0.379 e. The molecule has 0 aromatic heterocycles. The van der Waals surface area contributed by atoms with Crippen molar-refractivity contribution in [2.45, 2.75) is 6.54 Å². The van der Waals surface area contributed by atoms with E-state index in [4.69, 9.17) is 4.74 Å². The lowest BCUT2D eigenvalue weighted by atomic mass is 10.2. The van der Waals surface area contributed by atoms with Crippen LogP contribution >= 0.6 is 15.9 Å². The van der Waals surface area contributed by atoms with E-state index >= 15 is 0 Å². The fourth-order valence-corrected chi connectivity index (χ4v) is 2.10. The second-order valence-corrected chi connectivity index (χ2v) is 4.43. The molecule has 1 aromatic carbocycles. The van der Waals surface area contributed by atoms with Gasteiger partial charge in [-0.15, -0.1) is 0 Å². The smallest absolute Gasteiger partial charge is 0.316 e. The number of benzene rings is 1. The van der Waals surface area contributed by atoms with E-state index in [1.54, 1.807) is 0 Å². The van der Waals surface area contributed by atoms with Crippen LogP contribution in [0.15, 0.2) is 28.7 Å². The molecule has 0 amide bonds. The van der Waals surface area contributed by atoms with Gasteiger partial charge in [0.25, 0.3) is 0 Å². The predicted molar refractivity (Wildman–Crippen MR) is 68.8 cm³/mol. The maximum Gasteiger partial charge on any atom is 0.316 e. The van der Waals surface area contributed by atoms with Gasteiger partial charge in [0.2, 0.25) is 0 Å². The van der Waals surface area contributed by atoms with Crippen LogP contribution in [0.4, 0.5) is 0 Å². The Balaban J connectivity index is 0.00000112. The summed E-state index contributed by atoms with van der Waals surface area (Å²) in [6, 6.07) is 8.48. The highest BCUT2D eigenvalue weighted by atomic mass is 79.9. The molecule has 1 aliphatic heterocycles. The highest BCUT2D eigenvalue weighted by Gasteiger charge is 2.10. The van der Waals surface area contributed by atoms with Gasteiger partial charge in [0.1, 0.15) is 0 Å². The number of nitrogens with zero attached hydrogens (tertiary/aromatic N) is 1. The third-order valence-electron chi connectivity index (χ3n) is 2.40. The van der Waals surface area contributed by atoms with Crippen molar-refractivity contribution < 1.29 is 4.74 Å². The van der Waals surface area contributed by atoms with Gasteiger partial charge in [-0.05, 0) is 17.7 Å². The Labute approximate surface area is 115 Å². The summed E-state index contributed by atoms with van der Waals surface area (Å²) in [6.07, 6.45) is 0. The fraction of sp³-hybridized carbons (Fsp3) is 0.455. The molecule has 0 bridgehead atoms. The average molecular weight is 282 g/mol. The topological polar surface area (TPSA) is 12.5 Å². The van der Waals surface area contributed by atoms with Gasteiger partial charge >= 0.3 is 23.1 Å². The van der Waals surface area contributed by atoms with Crippen molar-refractivity contribution in [3.63, 3.8) is 0 Å². The second kappa shape index (κ2) is 6.86. The first-order valence-corrected chi connectivity index (χ1v) is 5.68. The maximum atomic E-state index is 5.31. The number of ether oxygens (including phenoxy) is 1. The van der Waals surface area contributed by atoms with Crippen molar-refractivity contribution >= 4 is 39.0 Å². The molecule has 15 heavy (non-hydrogen) atoms. The van der Waals surface area contributed by atoms with E-state index in [1.807, 2.05) is 0 Å². The lowest BCUT2D eigenvalue weighted by Gasteiger charge is -2.26. The monoisotopic (exact) mass is 281 g/mol. The van der Waals surface area contributed by atoms with E-state index in [0.717, 1.165) is 37.3 Å². The molecule has 1 saturated heterocycles. The fourth-order valence-electron chi connectivity index (χ4n) is 1.65. The Morgan fingerprint density at radius 2 is 2.00 bits per heavy atom. The Kier molecular flexibility index (Phi) is 6.15. The molecule has 1 fully saturated rings. The largest absolute Gasteiger partial charge is 0.379 e. The molecule has 0 saturated carbocycles. The lowest BCUT2D eigenvalue weighted by Crippen LogP contribution is -2.35. The SMILES string of the molecule is Brc1cccc(CN2CCOCC2)c1.[MgH2]. The molecule has 0 unspecified atom stereocenters. The van der Waals surface area contributed by atoms with Gasteiger partial charge < -0.3 is 4.74 Å². The average Bonchev–Trinajstić information content (AvgIpc) is 2.19. The Hall–Kier alpha value is 0.386. The summed E-state index contributed by atoms with van der Waals surface area (Å²) in [5.41, 5.74) is 1.36. The number of hydrogen-bond acceptors (Lipinski definition) is 2. The summed E-state index contributed by atoms with van der Waals surface area (Å²) in [4.78, 5) is 2.42. The third kappa shape index (κ3) is 4.40. The molecule has 0 radical (unpaired) electrons. The summed E-state index contributed by atoms with van der Waals surface area (Å²) in [7, 11) is 0. The molecule has 0 aliphatic carbocycles. The normalized spacial score (nSPS) is 17.1. The van der Waals surface area contributed by atoms with Crippen molar-refractivity contribution in [1.29, 1.82) is 0 Å².